The average Bonchev–Trinajstić information content (AvgIpc) is 2.59. The summed E-state index contributed by atoms with van der Waals surface area (Å²) < 4.78 is 5.51. The van der Waals surface area contributed by atoms with Crippen LogP contribution in [0.25, 0.3) is 11.3 Å². The maximum Gasteiger partial charge on any atom is 0.305 e. The van der Waals surface area contributed by atoms with E-state index in [1.165, 1.54) is 11.3 Å². The fourth-order valence-electron chi connectivity index (χ4n) is 1.62. The van der Waals surface area contributed by atoms with E-state index in [1.807, 2.05) is 24.3 Å². The first-order valence-corrected chi connectivity index (χ1v) is 5.10. The third-order valence-corrected chi connectivity index (χ3v) is 3.09. The molecule has 3 nitrogen and oxygen atoms in total. The van der Waals surface area contributed by atoms with Crippen molar-refractivity contribution in [1.82, 2.24) is 4.98 Å². The van der Waals surface area contributed by atoms with Crippen LogP contribution < -0.4 is 9.61 Å². The molecule has 0 saturated heterocycles. The van der Waals surface area contributed by atoms with E-state index in [-0.39, 0.29) is 4.87 Å². The second kappa shape index (κ2) is 2.72. The Bertz CT molecular complexity index is 541. The highest BCUT2D eigenvalue weighted by Crippen LogP contribution is 2.36. The molecule has 0 spiro atoms. The molecule has 1 aromatic heterocycles. The third kappa shape index (κ3) is 1.01. The van der Waals surface area contributed by atoms with E-state index < -0.39 is 0 Å². The summed E-state index contributed by atoms with van der Waals surface area (Å²) in [6.07, 6.45) is 0. The molecule has 0 radical (unpaired) electrons. The van der Waals surface area contributed by atoms with Crippen molar-refractivity contribution in [1.29, 1.82) is 0 Å². The van der Waals surface area contributed by atoms with Gasteiger partial charge < -0.3 is 9.72 Å². The first-order valence-electron chi connectivity index (χ1n) is 4.29. The van der Waals surface area contributed by atoms with Crippen LogP contribution in [-0.2, 0) is 6.61 Å². The zero-order chi connectivity index (χ0) is 9.54. The van der Waals surface area contributed by atoms with Gasteiger partial charge in [-0.2, -0.15) is 0 Å². The fourth-order valence-corrected chi connectivity index (χ4v) is 2.38. The minimum absolute atomic E-state index is 0.0182. The number of thiazole rings is 1. The number of ether oxygens (including phenoxy) is 1. The molecule has 4 heteroatoms. The molecule has 0 aliphatic carbocycles. The zero-order valence-corrected chi connectivity index (χ0v) is 8.06. The number of aromatic amines is 1. The molecule has 1 aromatic carbocycles. The van der Waals surface area contributed by atoms with Gasteiger partial charge in [0.05, 0.1) is 10.6 Å². The van der Waals surface area contributed by atoms with Gasteiger partial charge in [0.1, 0.15) is 12.4 Å². The van der Waals surface area contributed by atoms with Crippen LogP contribution >= 0.6 is 11.3 Å². The van der Waals surface area contributed by atoms with Gasteiger partial charge >= 0.3 is 4.87 Å². The smallest absolute Gasteiger partial charge is 0.305 e. The standard InChI is InChI=1S/C10H7NO2S/c12-10-11-9-6-3-1-2-4-7(6)13-5-8(9)14-10/h1-4H,5H2,(H,11,12). The molecule has 14 heavy (non-hydrogen) atoms. The number of H-pyrrole nitrogens is 1. The second-order valence-electron chi connectivity index (χ2n) is 3.10. The molecule has 70 valence electrons. The Morgan fingerprint density at radius 2 is 2.21 bits per heavy atom. The first-order chi connectivity index (χ1) is 6.84. The van der Waals surface area contributed by atoms with Crippen LogP contribution in [0.15, 0.2) is 29.1 Å². The van der Waals surface area contributed by atoms with E-state index in [1.54, 1.807) is 0 Å². The van der Waals surface area contributed by atoms with Gasteiger partial charge in [0, 0.05) is 5.56 Å². The highest BCUT2D eigenvalue weighted by Gasteiger charge is 2.19. The largest absolute Gasteiger partial charge is 0.487 e. The van der Waals surface area contributed by atoms with Gasteiger partial charge in [0.15, 0.2) is 0 Å². The Kier molecular flexibility index (Phi) is 1.52. The summed E-state index contributed by atoms with van der Waals surface area (Å²) >= 11 is 1.22. The maximum absolute atomic E-state index is 11.2. The topological polar surface area (TPSA) is 42.1 Å². The van der Waals surface area contributed by atoms with Gasteiger partial charge in [-0.05, 0) is 12.1 Å². The van der Waals surface area contributed by atoms with Crippen molar-refractivity contribution in [3.63, 3.8) is 0 Å². The number of hydrogen-bond donors (Lipinski definition) is 1. The van der Waals surface area contributed by atoms with Gasteiger partial charge in [-0.1, -0.05) is 23.5 Å². The zero-order valence-electron chi connectivity index (χ0n) is 7.24. The Hall–Kier alpha value is -1.55. The lowest BCUT2D eigenvalue weighted by Gasteiger charge is -2.15. The quantitative estimate of drug-likeness (QED) is 0.714. The van der Waals surface area contributed by atoms with E-state index in [0.29, 0.717) is 6.61 Å². The molecule has 0 atom stereocenters. The van der Waals surface area contributed by atoms with Crippen molar-refractivity contribution in [2.24, 2.45) is 0 Å². The summed E-state index contributed by atoms with van der Waals surface area (Å²) in [5.74, 6) is 0.842. The van der Waals surface area contributed by atoms with Crippen molar-refractivity contribution in [2.75, 3.05) is 0 Å². The van der Waals surface area contributed by atoms with Crippen LogP contribution in [-0.4, -0.2) is 4.98 Å². The molecule has 1 aliphatic rings. The predicted molar refractivity (Wildman–Crippen MR) is 54.7 cm³/mol. The van der Waals surface area contributed by atoms with Gasteiger partial charge in [0.25, 0.3) is 0 Å². The highest BCUT2D eigenvalue weighted by molar-refractivity contribution is 7.09. The van der Waals surface area contributed by atoms with E-state index >= 15 is 0 Å². The number of hydrogen-bond acceptors (Lipinski definition) is 3. The van der Waals surface area contributed by atoms with Crippen LogP contribution in [0.3, 0.4) is 0 Å². The molecular formula is C10H7NO2S. The first kappa shape index (κ1) is 7.82. The number of para-hydroxylation sites is 1. The number of benzene rings is 1. The Morgan fingerprint density at radius 3 is 3.14 bits per heavy atom. The van der Waals surface area contributed by atoms with Crippen molar-refractivity contribution in [2.45, 2.75) is 6.61 Å². The van der Waals surface area contributed by atoms with Crippen LogP contribution in [0.1, 0.15) is 4.88 Å². The van der Waals surface area contributed by atoms with Gasteiger partial charge in [-0.15, -0.1) is 0 Å². The number of nitrogens with one attached hydrogen (secondary N) is 1. The van der Waals surface area contributed by atoms with Crippen LogP contribution in [0.2, 0.25) is 0 Å². The monoisotopic (exact) mass is 205 g/mol. The highest BCUT2D eigenvalue weighted by atomic mass is 32.1. The fraction of sp³-hybridized carbons (Fsp3) is 0.100. The molecule has 1 aliphatic heterocycles. The van der Waals surface area contributed by atoms with E-state index in [9.17, 15) is 4.79 Å². The predicted octanol–water partition coefficient (Wildman–Crippen LogP) is 2.00. The summed E-state index contributed by atoms with van der Waals surface area (Å²) in [4.78, 5) is 15.0. The molecule has 1 N–H and O–H groups in total. The van der Waals surface area contributed by atoms with Crippen LogP contribution in [0.4, 0.5) is 0 Å². The van der Waals surface area contributed by atoms with Crippen molar-refractivity contribution in [3.8, 4) is 17.0 Å². The number of rotatable bonds is 0. The second-order valence-corrected chi connectivity index (χ2v) is 4.17. The third-order valence-electron chi connectivity index (χ3n) is 2.24. The normalized spacial score (nSPS) is 12.9. The Morgan fingerprint density at radius 1 is 1.36 bits per heavy atom. The average molecular weight is 205 g/mol. The van der Waals surface area contributed by atoms with Crippen molar-refractivity contribution in [3.05, 3.63) is 38.8 Å². The molecule has 2 heterocycles. The Balaban J connectivity index is 2.33. The van der Waals surface area contributed by atoms with Gasteiger partial charge in [0.2, 0.25) is 0 Å². The number of fused-ring (bicyclic) bond motifs is 3. The van der Waals surface area contributed by atoms with E-state index in [4.69, 9.17) is 4.74 Å². The lowest BCUT2D eigenvalue weighted by molar-refractivity contribution is 0.305. The maximum atomic E-state index is 11.2. The summed E-state index contributed by atoms with van der Waals surface area (Å²) in [5, 5.41) is 0. The van der Waals surface area contributed by atoms with Crippen LogP contribution in [0, 0.1) is 0 Å². The lowest BCUT2D eigenvalue weighted by atomic mass is 10.1. The molecule has 2 aromatic rings. The van der Waals surface area contributed by atoms with E-state index in [0.717, 1.165) is 21.9 Å². The summed E-state index contributed by atoms with van der Waals surface area (Å²) in [6, 6.07) is 7.73. The summed E-state index contributed by atoms with van der Waals surface area (Å²) in [6.45, 7) is 0.496. The minimum atomic E-state index is -0.0182. The number of aromatic nitrogens is 1. The van der Waals surface area contributed by atoms with Crippen molar-refractivity contribution >= 4 is 11.3 Å². The molecule has 0 fully saturated rings. The molecular weight excluding hydrogens is 198 g/mol. The molecule has 0 bridgehead atoms. The van der Waals surface area contributed by atoms with E-state index in [2.05, 4.69) is 4.98 Å². The van der Waals surface area contributed by atoms with Crippen molar-refractivity contribution < 1.29 is 4.74 Å². The van der Waals surface area contributed by atoms with Gasteiger partial charge in [-0.25, -0.2) is 0 Å². The van der Waals surface area contributed by atoms with Crippen LogP contribution in [0.5, 0.6) is 5.75 Å². The molecule has 0 saturated carbocycles. The molecule has 0 unspecified atom stereocenters. The van der Waals surface area contributed by atoms with Gasteiger partial charge in [-0.3, -0.25) is 4.79 Å². The molecule has 0 amide bonds. The molecule has 3 rings (SSSR count). The summed E-state index contributed by atoms with van der Waals surface area (Å²) in [7, 11) is 0. The SMILES string of the molecule is O=c1[nH]c2c(s1)COc1ccccc1-2. The Labute approximate surface area is 84.0 Å². The summed E-state index contributed by atoms with van der Waals surface area (Å²) in [5.41, 5.74) is 1.90. The minimum Gasteiger partial charge on any atom is -0.487 e. The lowest BCUT2D eigenvalue weighted by Crippen LogP contribution is -2.02.